The normalized spacial score (nSPS) is 15.0. The van der Waals surface area contributed by atoms with E-state index in [1.54, 1.807) is 23.9 Å². The van der Waals surface area contributed by atoms with Crippen LogP contribution in [-0.4, -0.2) is 22.3 Å². The maximum absolute atomic E-state index is 13.5. The first-order valence-electron chi connectivity index (χ1n) is 9.93. The fourth-order valence-electron chi connectivity index (χ4n) is 3.95. The molecule has 1 aliphatic rings. The number of para-hydroxylation sites is 1. The quantitative estimate of drug-likeness (QED) is 0.569. The molecule has 28 heavy (non-hydrogen) atoms. The third-order valence-electron chi connectivity index (χ3n) is 5.32. The van der Waals surface area contributed by atoms with Crippen LogP contribution in [0.1, 0.15) is 37.7 Å². The highest BCUT2D eigenvalue weighted by atomic mass is 32.2. The Morgan fingerprint density at radius 1 is 1.11 bits per heavy atom. The molecule has 0 radical (unpaired) electrons. The lowest BCUT2D eigenvalue weighted by atomic mass is 9.95. The number of hydrogen-bond acceptors (Lipinski definition) is 2. The Balaban J connectivity index is 1.47. The summed E-state index contributed by atoms with van der Waals surface area (Å²) >= 11 is 1.57. The standard InChI is InChI=1S/C23H25FN2OS/c24-18-8-6-7-17(13-18)14-26-15-22(20-11-4-5-12-21(20)26)28-16-23(27)25-19-9-2-1-3-10-19/h4-8,11-13,15,19H,1-3,9-10,14,16H2,(H,25,27). The molecule has 0 aliphatic heterocycles. The molecule has 1 aromatic heterocycles. The van der Waals surface area contributed by atoms with E-state index in [9.17, 15) is 9.18 Å². The van der Waals surface area contributed by atoms with Crippen molar-refractivity contribution in [1.29, 1.82) is 0 Å². The number of rotatable bonds is 6. The minimum Gasteiger partial charge on any atom is -0.353 e. The van der Waals surface area contributed by atoms with E-state index in [-0.39, 0.29) is 11.7 Å². The molecule has 0 atom stereocenters. The molecule has 4 rings (SSSR count). The summed E-state index contributed by atoms with van der Waals surface area (Å²) in [5, 5.41) is 4.32. The number of carbonyl (C=O) groups is 1. The van der Waals surface area contributed by atoms with Crippen molar-refractivity contribution in [3.05, 3.63) is 66.1 Å². The lowest BCUT2D eigenvalue weighted by Crippen LogP contribution is -2.37. The number of halogens is 1. The third kappa shape index (κ3) is 4.58. The number of hydrogen-bond donors (Lipinski definition) is 1. The molecular formula is C23H25FN2OS. The van der Waals surface area contributed by atoms with E-state index in [0.29, 0.717) is 18.3 Å². The van der Waals surface area contributed by atoms with Crippen LogP contribution in [-0.2, 0) is 11.3 Å². The highest BCUT2D eigenvalue weighted by Crippen LogP contribution is 2.30. The largest absolute Gasteiger partial charge is 0.353 e. The highest BCUT2D eigenvalue weighted by molar-refractivity contribution is 8.00. The van der Waals surface area contributed by atoms with Crippen molar-refractivity contribution in [2.75, 3.05) is 5.75 Å². The van der Waals surface area contributed by atoms with Gasteiger partial charge in [0.05, 0.1) is 5.75 Å². The molecule has 3 aromatic rings. The van der Waals surface area contributed by atoms with Crippen LogP contribution >= 0.6 is 11.8 Å². The summed E-state index contributed by atoms with van der Waals surface area (Å²) in [5.41, 5.74) is 2.02. The molecular weight excluding hydrogens is 371 g/mol. The van der Waals surface area contributed by atoms with Gasteiger partial charge >= 0.3 is 0 Å². The SMILES string of the molecule is O=C(CSc1cn(Cc2cccc(F)c2)c2ccccc12)NC1CCCCC1. The summed E-state index contributed by atoms with van der Waals surface area (Å²) in [6, 6.07) is 15.2. The van der Waals surface area contributed by atoms with Crippen LogP contribution in [0, 0.1) is 5.82 Å². The van der Waals surface area contributed by atoms with Gasteiger partial charge < -0.3 is 9.88 Å². The highest BCUT2D eigenvalue weighted by Gasteiger charge is 2.16. The molecule has 1 N–H and O–H groups in total. The number of fused-ring (bicyclic) bond motifs is 1. The van der Waals surface area contributed by atoms with E-state index < -0.39 is 0 Å². The zero-order chi connectivity index (χ0) is 19.3. The van der Waals surface area contributed by atoms with Crippen molar-refractivity contribution >= 4 is 28.6 Å². The van der Waals surface area contributed by atoms with Crippen molar-refractivity contribution in [3.63, 3.8) is 0 Å². The molecule has 1 fully saturated rings. The average Bonchev–Trinajstić information content (AvgIpc) is 3.05. The lowest BCUT2D eigenvalue weighted by Gasteiger charge is -2.22. The van der Waals surface area contributed by atoms with E-state index in [0.717, 1.165) is 34.2 Å². The second-order valence-corrected chi connectivity index (χ2v) is 8.48. The van der Waals surface area contributed by atoms with Crippen LogP contribution in [0.15, 0.2) is 59.6 Å². The summed E-state index contributed by atoms with van der Waals surface area (Å²) in [6.07, 6.45) is 7.99. The zero-order valence-corrected chi connectivity index (χ0v) is 16.7. The molecule has 5 heteroatoms. The Bertz CT molecular complexity index is 962. The predicted octanol–water partition coefficient (Wildman–Crippen LogP) is 5.37. The number of amides is 1. The van der Waals surface area contributed by atoms with E-state index in [1.165, 1.54) is 25.3 Å². The molecule has 2 aromatic carbocycles. The van der Waals surface area contributed by atoms with Gasteiger partial charge in [-0.2, -0.15) is 0 Å². The maximum Gasteiger partial charge on any atom is 0.230 e. The Labute approximate surface area is 169 Å². The van der Waals surface area contributed by atoms with Crippen molar-refractivity contribution in [3.8, 4) is 0 Å². The molecule has 146 valence electrons. The average molecular weight is 397 g/mol. The van der Waals surface area contributed by atoms with Gasteiger partial charge in [0.2, 0.25) is 5.91 Å². The number of aromatic nitrogens is 1. The molecule has 1 aliphatic carbocycles. The number of nitrogens with one attached hydrogen (secondary N) is 1. The van der Waals surface area contributed by atoms with Crippen molar-refractivity contribution < 1.29 is 9.18 Å². The molecule has 0 spiro atoms. The predicted molar refractivity (Wildman–Crippen MR) is 113 cm³/mol. The number of nitrogens with zero attached hydrogens (tertiary/aromatic N) is 1. The molecule has 0 bridgehead atoms. The first-order valence-corrected chi connectivity index (χ1v) is 10.9. The van der Waals surface area contributed by atoms with Gasteiger partial charge in [-0.1, -0.05) is 49.6 Å². The van der Waals surface area contributed by atoms with E-state index in [1.807, 2.05) is 18.2 Å². The molecule has 1 amide bonds. The third-order valence-corrected chi connectivity index (χ3v) is 6.37. The van der Waals surface area contributed by atoms with Gasteiger partial charge in [0.15, 0.2) is 0 Å². The monoisotopic (exact) mass is 396 g/mol. The Kier molecular flexibility index (Phi) is 6.01. The van der Waals surface area contributed by atoms with Crippen LogP contribution in [0.25, 0.3) is 10.9 Å². The van der Waals surface area contributed by atoms with Crippen LogP contribution in [0.2, 0.25) is 0 Å². The second kappa shape index (κ2) is 8.82. The summed E-state index contributed by atoms with van der Waals surface area (Å²) in [7, 11) is 0. The van der Waals surface area contributed by atoms with Crippen molar-refractivity contribution in [2.24, 2.45) is 0 Å². The van der Waals surface area contributed by atoms with Gasteiger partial charge in [-0.05, 0) is 36.6 Å². The van der Waals surface area contributed by atoms with E-state index in [2.05, 4.69) is 28.2 Å². The van der Waals surface area contributed by atoms with Crippen LogP contribution in [0.3, 0.4) is 0 Å². The lowest BCUT2D eigenvalue weighted by molar-refractivity contribution is -0.119. The summed E-state index contributed by atoms with van der Waals surface area (Å²) < 4.78 is 15.7. The van der Waals surface area contributed by atoms with Crippen molar-refractivity contribution in [1.82, 2.24) is 9.88 Å². The summed E-state index contributed by atoms with van der Waals surface area (Å²) in [4.78, 5) is 13.5. The van der Waals surface area contributed by atoms with Gasteiger partial charge in [-0.15, -0.1) is 11.8 Å². The smallest absolute Gasteiger partial charge is 0.230 e. The molecule has 0 saturated heterocycles. The number of carbonyl (C=O) groups excluding carboxylic acids is 1. The number of benzene rings is 2. The van der Waals surface area contributed by atoms with Crippen molar-refractivity contribution in [2.45, 2.75) is 49.6 Å². The van der Waals surface area contributed by atoms with Gasteiger partial charge in [0, 0.05) is 34.6 Å². The number of thioether (sulfide) groups is 1. The van der Waals surface area contributed by atoms with Crippen LogP contribution in [0.4, 0.5) is 4.39 Å². The minimum atomic E-state index is -0.219. The molecule has 3 nitrogen and oxygen atoms in total. The Hall–Kier alpha value is -2.27. The summed E-state index contributed by atoms with van der Waals surface area (Å²) in [5.74, 6) is 0.312. The molecule has 1 saturated carbocycles. The van der Waals surface area contributed by atoms with Crippen LogP contribution < -0.4 is 5.32 Å². The first kappa shape index (κ1) is 19.1. The van der Waals surface area contributed by atoms with Gasteiger partial charge in [-0.3, -0.25) is 4.79 Å². The van der Waals surface area contributed by atoms with Gasteiger partial charge in [-0.25, -0.2) is 4.39 Å². The molecule has 1 heterocycles. The van der Waals surface area contributed by atoms with Crippen LogP contribution in [0.5, 0.6) is 0 Å². The first-order chi connectivity index (χ1) is 13.7. The van der Waals surface area contributed by atoms with E-state index in [4.69, 9.17) is 0 Å². The Morgan fingerprint density at radius 2 is 1.93 bits per heavy atom. The van der Waals surface area contributed by atoms with Gasteiger partial charge in [0.1, 0.15) is 5.82 Å². The van der Waals surface area contributed by atoms with E-state index >= 15 is 0 Å². The Morgan fingerprint density at radius 3 is 2.75 bits per heavy atom. The zero-order valence-electron chi connectivity index (χ0n) is 15.9. The topological polar surface area (TPSA) is 34.0 Å². The minimum absolute atomic E-state index is 0.110. The molecule has 0 unspecified atom stereocenters. The van der Waals surface area contributed by atoms with Gasteiger partial charge in [0.25, 0.3) is 0 Å². The fraction of sp³-hybridized carbons (Fsp3) is 0.348. The summed E-state index contributed by atoms with van der Waals surface area (Å²) in [6.45, 7) is 0.604. The fourth-order valence-corrected chi connectivity index (χ4v) is 4.85. The second-order valence-electron chi connectivity index (χ2n) is 7.46. The maximum atomic E-state index is 13.5.